The monoisotopic (exact) mass is 495 g/mol. The molecule has 0 fully saturated rings. The molecule has 1 aromatic rings. The van der Waals surface area contributed by atoms with Crippen LogP contribution in [0.15, 0.2) is 11.2 Å². The Labute approximate surface area is 220 Å². The molecule has 5 heteroatoms. The number of H-pyrrole nitrogens is 1. The predicted octanol–water partition coefficient (Wildman–Crippen LogP) is 6.58. The smallest absolute Gasteiger partial charge is 0.209 e. The Morgan fingerprint density at radius 3 is 1.89 bits per heavy atom. The van der Waals surface area contributed by atoms with E-state index in [1.54, 1.807) is 0 Å². The molecule has 1 heterocycles. The maximum absolute atomic E-state index is 9.00. The lowest BCUT2D eigenvalue weighted by atomic mass is 10.0. The minimum Gasteiger partial charge on any atom is -0.361 e. The van der Waals surface area contributed by atoms with Crippen molar-refractivity contribution in [1.29, 1.82) is 5.26 Å². The van der Waals surface area contributed by atoms with Crippen LogP contribution < -0.4 is 21.2 Å². The van der Waals surface area contributed by atoms with Gasteiger partial charge in [0.25, 0.3) is 0 Å². The fourth-order valence-corrected chi connectivity index (χ4v) is 5.13. The second kappa shape index (κ2) is 20.9. The summed E-state index contributed by atoms with van der Waals surface area (Å²) in [5, 5.41) is 18.2. The van der Waals surface area contributed by atoms with Gasteiger partial charge in [-0.05, 0) is 36.5 Å². The highest BCUT2D eigenvalue weighted by molar-refractivity contribution is 5.80. The topological polar surface area (TPSA) is 76.0 Å². The molecule has 0 saturated carbocycles. The minimum absolute atomic E-state index is 0.605. The number of nitriles is 1. The van der Waals surface area contributed by atoms with E-state index < -0.39 is 0 Å². The van der Waals surface area contributed by atoms with E-state index in [1.807, 2.05) is 6.19 Å². The molecule has 202 valence electrons. The molecule has 5 nitrogen and oxygen atoms in total. The van der Waals surface area contributed by atoms with Crippen LogP contribution in [-0.4, -0.2) is 24.0 Å². The van der Waals surface area contributed by atoms with Crippen molar-refractivity contribution in [2.75, 3.05) is 13.1 Å². The fourth-order valence-electron chi connectivity index (χ4n) is 5.13. The normalized spacial score (nSPS) is 12.9. The average molecular weight is 496 g/mol. The van der Waals surface area contributed by atoms with Crippen LogP contribution in [0.2, 0.25) is 0 Å². The molecular weight excluding hydrogens is 442 g/mol. The van der Waals surface area contributed by atoms with E-state index in [4.69, 9.17) is 5.26 Å². The Bertz CT molecular complexity index is 861. The maximum Gasteiger partial charge on any atom is 0.209 e. The summed E-state index contributed by atoms with van der Waals surface area (Å²) < 4.78 is 0. The number of unbranched alkanes of at least 4 members (excludes halogenated alkanes) is 16. The summed E-state index contributed by atoms with van der Waals surface area (Å²) in [6.45, 7) is 3.93. The second-order valence-corrected chi connectivity index (χ2v) is 10.4. The van der Waals surface area contributed by atoms with Gasteiger partial charge in [-0.1, -0.05) is 122 Å². The zero-order chi connectivity index (χ0) is 25.5. The molecule has 0 saturated heterocycles. The van der Waals surface area contributed by atoms with Crippen molar-refractivity contribution in [2.45, 2.75) is 135 Å². The van der Waals surface area contributed by atoms with Gasteiger partial charge in [0.2, 0.25) is 12.2 Å². The van der Waals surface area contributed by atoms with Crippen LogP contribution in [0.1, 0.15) is 134 Å². The Morgan fingerprint density at radius 2 is 1.31 bits per heavy atom. The van der Waals surface area contributed by atoms with E-state index in [9.17, 15) is 0 Å². The molecule has 0 aromatic carbocycles. The number of hydrogen-bond acceptors (Lipinski definition) is 2. The lowest BCUT2D eigenvalue weighted by Gasteiger charge is -2.11. The largest absolute Gasteiger partial charge is 0.361 e. The highest BCUT2D eigenvalue weighted by atomic mass is 15.2. The molecule has 0 spiro atoms. The van der Waals surface area contributed by atoms with Crippen LogP contribution in [0.4, 0.5) is 0 Å². The Hall–Kier alpha value is -2.22. The third kappa shape index (κ3) is 13.8. The van der Waals surface area contributed by atoms with Crippen molar-refractivity contribution in [3.63, 3.8) is 0 Å². The summed E-state index contributed by atoms with van der Waals surface area (Å²) in [4.78, 5) is 7.29. The summed E-state index contributed by atoms with van der Waals surface area (Å²) in [5.41, 5.74) is 1.33. The molecule has 0 bridgehead atoms. The van der Waals surface area contributed by atoms with Crippen molar-refractivity contribution in [3.05, 3.63) is 22.3 Å². The molecular formula is C31H53N5. The van der Waals surface area contributed by atoms with Gasteiger partial charge >= 0.3 is 0 Å². The van der Waals surface area contributed by atoms with Gasteiger partial charge < -0.3 is 15.6 Å². The molecule has 36 heavy (non-hydrogen) atoms. The first kappa shape index (κ1) is 30.0. The molecule has 0 atom stereocenters. The van der Waals surface area contributed by atoms with Crippen molar-refractivity contribution in [1.82, 2.24) is 15.6 Å². The molecule has 1 aliphatic carbocycles. The molecule has 0 radical (unpaired) electrons. The Balaban J connectivity index is 1.38. The second-order valence-electron chi connectivity index (χ2n) is 10.4. The van der Waals surface area contributed by atoms with E-state index >= 15 is 0 Å². The first-order chi connectivity index (χ1) is 17.8. The quantitative estimate of drug-likeness (QED) is 0.0780. The number of rotatable bonds is 21. The van der Waals surface area contributed by atoms with E-state index in [-0.39, 0.29) is 0 Å². The summed E-state index contributed by atoms with van der Waals surface area (Å²) in [6, 6.07) is 0. The van der Waals surface area contributed by atoms with Crippen LogP contribution in [0.5, 0.6) is 0 Å². The third-order valence-corrected chi connectivity index (χ3v) is 7.32. The van der Waals surface area contributed by atoms with Gasteiger partial charge in [0, 0.05) is 24.6 Å². The summed E-state index contributed by atoms with van der Waals surface area (Å²) in [5.74, 6) is 0.605. The summed E-state index contributed by atoms with van der Waals surface area (Å²) >= 11 is 0. The van der Waals surface area contributed by atoms with Gasteiger partial charge in [-0.2, -0.15) is 5.26 Å². The zero-order valence-electron chi connectivity index (χ0n) is 23.2. The number of guanidine groups is 1. The number of aliphatic imine (C=N–C) groups is 1. The standard InChI is InChI=1S/C31H53N5/c1-2-3-4-5-6-7-8-9-10-11-12-13-14-15-16-17-20-24-33-31(36-27-32)34-25-23-28-26-35-30-22-19-18-21-29(28)30/h21-22,26,35H,2-20,23-25H2,1H3,(H2,33,34,36). The number of nitrogens with one attached hydrogen (secondary N) is 3. The van der Waals surface area contributed by atoms with Gasteiger partial charge in [-0.25, -0.2) is 0 Å². The van der Waals surface area contributed by atoms with Gasteiger partial charge in [0.1, 0.15) is 0 Å². The molecule has 0 aliphatic heterocycles. The number of hydrogen-bond donors (Lipinski definition) is 3. The van der Waals surface area contributed by atoms with Crippen LogP contribution in [0.3, 0.4) is 0 Å². The maximum atomic E-state index is 9.00. The summed E-state index contributed by atoms with van der Waals surface area (Å²) in [7, 11) is 0. The number of aromatic amines is 1. The Morgan fingerprint density at radius 1 is 0.778 bits per heavy atom. The third-order valence-electron chi connectivity index (χ3n) is 7.32. The number of fused-ring (bicyclic) bond motifs is 1. The molecule has 1 aromatic heterocycles. The predicted molar refractivity (Wildman–Crippen MR) is 155 cm³/mol. The van der Waals surface area contributed by atoms with Crippen molar-refractivity contribution in [3.8, 4) is 6.19 Å². The SMILES string of the molecule is CCCCCCCCCCCCCCCCCCCN/C(=N\C#N)NCCc1c[nH]c2c1=CCCC=2. The van der Waals surface area contributed by atoms with E-state index in [2.05, 4.69) is 45.9 Å². The zero-order valence-corrected chi connectivity index (χ0v) is 23.2. The first-order valence-corrected chi connectivity index (χ1v) is 15.2. The van der Waals surface area contributed by atoms with Crippen LogP contribution >= 0.6 is 0 Å². The van der Waals surface area contributed by atoms with E-state index in [0.717, 1.165) is 38.8 Å². The van der Waals surface area contributed by atoms with Gasteiger partial charge in [-0.3, -0.25) is 0 Å². The lowest BCUT2D eigenvalue weighted by molar-refractivity contribution is 0.526. The average Bonchev–Trinajstić information content (AvgIpc) is 3.31. The molecule has 0 unspecified atom stereocenters. The molecule has 1 aliphatic rings. The highest BCUT2D eigenvalue weighted by Gasteiger charge is 2.04. The van der Waals surface area contributed by atoms with Crippen LogP contribution in [0, 0.1) is 11.5 Å². The van der Waals surface area contributed by atoms with Crippen molar-refractivity contribution >= 4 is 18.1 Å². The van der Waals surface area contributed by atoms with Gasteiger partial charge in [-0.15, -0.1) is 4.99 Å². The molecule has 3 N–H and O–H groups in total. The first-order valence-electron chi connectivity index (χ1n) is 15.2. The molecule has 2 rings (SSSR count). The van der Waals surface area contributed by atoms with E-state index in [1.165, 1.54) is 119 Å². The number of nitrogens with zero attached hydrogens (tertiary/aromatic N) is 2. The van der Waals surface area contributed by atoms with Crippen LogP contribution in [0.25, 0.3) is 12.2 Å². The number of aromatic nitrogens is 1. The Kier molecular flexibility index (Phi) is 17.4. The fraction of sp³-hybridized carbons (Fsp3) is 0.742. The summed E-state index contributed by atoms with van der Waals surface area (Å²) in [6.07, 6.45) is 35.3. The van der Waals surface area contributed by atoms with E-state index in [0.29, 0.717) is 5.96 Å². The van der Waals surface area contributed by atoms with Crippen molar-refractivity contribution < 1.29 is 0 Å². The minimum atomic E-state index is 0.605. The molecule has 0 amide bonds. The lowest BCUT2D eigenvalue weighted by Crippen LogP contribution is -2.39. The van der Waals surface area contributed by atoms with Gasteiger partial charge in [0.15, 0.2) is 0 Å². The van der Waals surface area contributed by atoms with Crippen molar-refractivity contribution in [2.24, 2.45) is 4.99 Å². The van der Waals surface area contributed by atoms with Gasteiger partial charge in [0.05, 0.1) is 0 Å². The highest BCUT2D eigenvalue weighted by Crippen LogP contribution is 2.14. The van der Waals surface area contributed by atoms with Crippen LogP contribution in [-0.2, 0) is 6.42 Å².